The van der Waals surface area contributed by atoms with Gasteiger partial charge in [0, 0.05) is 25.3 Å². The molecule has 35 heavy (non-hydrogen) atoms. The minimum Gasteiger partial charge on any atom is -0.324 e. The van der Waals surface area contributed by atoms with Crippen LogP contribution in [0, 0.1) is 13.8 Å². The fourth-order valence-corrected chi connectivity index (χ4v) is 7.15. The van der Waals surface area contributed by atoms with Crippen molar-refractivity contribution in [3.63, 3.8) is 0 Å². The summed E-state index contributed by atoms with van der Waals surface area (Å²) in [6.07, 6.45) is 0. The first-order valence-corrected chi connectivity index (χ1v) is 14.0. The average molecular weight is 514 g/mol. The van der Waals surface area contributed by atoms with Crippen LogP contribution in [-0.2, 0) is 24.8 Å². The van der Waals surface area contributed by atoms with Crippen LogP contribution in [0.5, 0.6) is 0 Å². The predicted octanol–water partition coefficient (Wildman–Crippen LogP) is 3.01. The maximum absolute atomic E-state index is 13.5. The number of amides is 1. The summed E-state index contributed by atoms with van der Waals surface area (Å²) in [6, 6.07) is 20.0. The molecule has 1 aliphatic heterocycles. The molecule has 8 nitrogen and oxygen atoms in total. The molecule has 1 amide bonds. The summed E-state index contributed by atoms with van der Waals surface area (Å²) >= 11 is 0. The van der Waals surface area contributed by atoms with E-state index in [1.807, 2.05) is 26.0 Å². The van der Waals surface area contributed by atoms with Gasteiger partial charge < -0.3 is 5.32 Å². The number of nitrogens with zero attached hydrogens (tertiary/aromatic N) is 2. The van der Waals surface area contributed by atoms with Crippen LogP contribution in [0.15, 0.2) is 88.7 Å². The number of carbonyl (C=O) groups is 1. The fraction of sp³-hybridized carbons (Fsp3) is 0.240. The van der Waals surface area contributed by atoms with Crippen molar-refractivity contribution >= 4 is 31.6 Å². The molecule has 1 N–H and O–H groups in total. The zero-order chi connectivity index (χ0) is 25.2. The van der Waals surface area contributed by atoms with Gasteiger partial charge in [0.15, 0.2) is 0 Å². The van der Waals surface area contributed by atoms with Crippen molar-refractivity contribution in [2.75, 3.05) is 25.0 Å². The van der Waals surface area contributed by atoms with Crippen LogP contribution in [0.25, 0.3) is 0 Å². The number of carbonyl (C=O) groups excluding carboxylic acids is 1. The standard InChI is InChI=1S/C25H27N3O5S2/c1-19-13-14-23(20(2)17-19)26-25(29)24-18-27(34(30,31)21-9-5-3-6-10-21)15-16-28(24)35(32,33)22-11-7-4-8-12-22/h3-14,17,24H,15-16,18H2,1-2H3,(H,26,29)/t24-/m1/s1. The minimum absolute atomic E-state index is 0.0451. The Morgan fingerprint density at radius 3 is 1.94 bits per heavy atom. The number of rotatable bonds is 6. The highest BCUT2D eigenvalue weighted by Crippen LogP contribution is 2.26. The highest BCUT2D eigenvalue weighted by atomic mass is 32.2. The molecule has 0 radical (unpaired) electrons. The maximum atomic E-state index is 13.5. The fourth-order valence-electron chi connectivity index (χ4n) is 4.10. The van der Waals surface area contributed by atoms with E-state index in [2.05, 4.69) is 5.32 Å². The van der Waals surface area contributed by atoms with Gasteiger partial charge in [0.1, 0.15) is 6.04 Å². The molecule has 10 heteroatoms. The first-order valence-electron chi connectivity index (χ1n) is 11.1. The molecule has 4 rings (SSSR count). The molecule has 0 spiro atoms. The van der Waals surface area contributed by atoms with Crippen LogP contribution in [0.3, 0.4) is 0 Å². The van der Waals surface area contributed by atoms with E-state index in [1.54, 1.807) is 42.5 Å². The zero-order valence-electron chi connectivity index (χ0n) is 19.5. The average Bonchev–Trinajstić information content (AvgIpc) is 2.86. The Kier molecular flexibility index (Phi) is 7.09. The minimum atomic E-state index is -4.05. The number of nitrogens with one attached hydrogen (secondary N) is 1. The van der Waals surface area contributed by atoms with E-state index >= 15 is 0 Å². The number of piperazine rings is 1. The molecule has 3 aromatic rings. The van der Waals surface area contributed by atoms with Crippen LogP contribution in [0.2, 0.25) is 0 Å². The summed E-state index contributed by atoms with van der Waals surface area (Å²) in [6.45, 7) is 3.24. The molecule has 1 saturated heterocycles. The highest BCUT2D eigenvalue weighted by Gasteiger charge is 2.43. The van der Waals surface area contributed by atoms with Crippen LogP contribution < -0.4 is 5.32 Å². The molecule has 0 saturated carbocycles. The largest absolute Gasteiger partial charge is 0.324 e. The van der Waals surface area contributed by atoms with Gasteiger partial charge in [0.05, 0.1) is 9.79 Å². The third-order valence-corrected chi connectivity index (χ3v) is 9.77. The van der Waals surface area contributed by atoms with Gasteiger partial charge in [-0.3, -0.25) is 4.79 Å². The van der Waals surface area contributed by atoms with Crippen molar-refractivity contribution in [1.82, 2.24) is 8.61 Å². The number of sulfonamides is 2. The molecule has 0 aliphatic carbocycles. The summed E-state index contributed by atoms with van der Waals surface area (Å²) in [5.41, 5.74) is 2.38. The van der Waals surface area contributed by atoms with Crippen molar-refractivity contribution in [2.24, 2.45) is 0 Å². The lowest BCUT2D eigenvalue weighted by molar-refractivity contribution is -0.120. The lowest BCUT2D eigenvalue weighted by atomic mass is 10.1. The molecule has 1 fully saturated rings. The molecular weight excluding hydrogens is 486 g/mol. The SMILES string of the molecule is Cc1ccc(NC(=O)[C@H]2CN(S(=O)(=O)c3ccccc3)CCN2S(=O)(=O)c2ccccc2)c(C)c1. The van der Waals surface area contributed by atoms with Gasteiger partial charge >= 0.3 is 0 Å². The Morgan fingerprint density at radius 2 is 1.37 bits per heavy atom. The van der Waals surface area contributed by atoms with Crippen LogP contribution in [0.4, 0.5) is 5.69 Å². The van der Waals surface area contributed by atoms with E-state index in [9.17, 15) is 21.6 Å². The summed E-state index contributed by atoms with van der Waals surface area (Å²) in [5.74, 6) is -0.593. The molecule has 0 unspecified atom stereocenters. The summed E-state index contributed by atoms with van der Waals surface area (Å²) in [4.78, 5) is 13.6. The van der Waals surface area contributed by atoms with Crippen molar-refractivity contribution in [1.29, 1.82) is 0 Å². The van der Waals surface area contributed by atoms with E-state index in [4.69, 9.17) is 0 Å². The van der Waals surface area contributed by atoms with Gasteiger partial charge in [-0.15, -0.1) is 0 Å². The highest BCUT2D eigenvalue weighted by molar-refractivity contribution is 7.89. The number of benzene rings is 3. The lowest BCUT2D eigenvalue weighted by Crippen LogP contribution is -2.60. The Labute approximate surface area is 206 Å². The van der Waals surface area contributed by atoms with Crippen molar-refractivity contribution in [3.8, 4) is 0 Å². The summed E-state index contributed by atoms with van der Waals surface area (Å²) < 4.78 is 55.7. The van der Waals surface area contributed by atoms with Crippen LogP contribution >= 0.6 is 0 Å². The molecule has 184 valence electrons. The van der Waals surface area contributed by atoms with E-state index < -0.39 is 32.0 Å². The van der Waals surface area contributed by atoms with Crippen molar-refractivity contribution in [2.45, 2.75) is 29.7 Å². The molecule has 0 bridgehead atoms. The maximum Gasteiger partial charge on any atom is 0.244 e. The topological polar surface area (TPSA) is 104 Å². The van der Waals surface area contributed by atoms with Crippen molar-refractivity contribution in [3.05, 3.63) is 90.0 Å². The zero-order valence-corrected chi connectivity index (χ0v) is 21.1. The van der Waals surface area contributed by atoms with E-state index in [0.717, 1.165) is 15.4 Å². The molecule has 0 aromatic heterocycles. The molecule has 1 aliphatic rings. The van der Waals surface area contributed by atoms with E-state index in [0.29, 0.717) is 5.69 Å². The molecule has 1 atom stereocenters. The van der Waals surface area contributed by atoms with Gasteiger partial charge in [-0.2, -0.15) is 8.61 Å². The van der Waals surface area contributed by atoms with Gasteiger partial charge in [-0.25, -0.2) is 16.8 Å². The quantitative estimate of drug-likeness (QED) is 0.546. The van der Waals surface area contributed by atoms with E-state index in [-0.39, 0.29) is 29.4 Å². The molecule has 1 heterocycles. The van der Waals surface area contributed by atoms with Gasteiger partial charge in [-0.1, -0.05) is 54.1 Å². The Hall–Kier alpha value is -3.05. The van der Waals surface area contributed by atoms with E-state index in [1.165, 1.54) is 28.6 Å². The van der Waals surface area contributed by atoms with Gasteiger partial charge in [-0.05, 0) is 49.7 Å². The Morgan fingerprint density at radius 1 is 0.800 bits per heavy atom. The van der Waals surface area contributed by atoms with Crippen LogP contribution in [0.1, 0.15) is 11.1 Å². The van der Waals surface area contributed by atoms with Crippen molar-refractivity contribution < 1.29 is 21.6 Å². The third kappa shape index (κ3) is 5.15. The number of anilines is 1. The molecular formula is C25H27N3O5S2. The Balaban J connectivity index is 1.70. The number of aryl methyl sites for hydroxylation is 2. The lowest BCUT2D eigenvalue weighted by Gasteiger charge is -2.39. The van der Waals surface area contributed by atoms with Crippen LogP contribution in [-0.4, -0.2) is 57.0 Å². The normalized spacial score (nSPS) is 17.7. The number of hydrogen-bond acceptors (Lipinski definition) is 5. The van der Waals surface area contributed by atoms with Gasteiger partial charge in [0.2, 0.25) is 26.0 Å². The second-order valence-electron chi connectivity index (χ2n) is 8.43. The summed E-state index contributed by atoms with van der Waals surface area (Å²) in [7, 11) is -7.96. The second-order valence-corrected chi connectivity index (χ2v) is 12.3. The monoisotopic (exact) mass is 513 g/mol. The second kappa shape index (κ2) is 9.90. The predicted molar refractivity (Wildman–Crippen MR) is 134 cm³/mol. The number of hydrogen-bond donors (Lipinski definition) is 1. The molecule has 3 aromatic carbocycles. The third-order valence-electron chi connectivity index (χ3n) is 5.97. The van der Waals surface area contributed by atoms with Gasteiger partial charge in [0.25, 0.3) is 0 Å². The summed E-state index contributed by atoms with van der Waals surface area (Å²) in [5, 5.41) is 2.81. The first kappa shape index (κ1) is 25.1. The smallest absolute Gasteiger partial charge is 0.244 e. The Bertz CT molecular complexity index is 1430. The first-order chi connectivity index (χ1) is 16.6.